The summed E-state index contributed by atoms with van der Waals surface area (Å²) < 4.78 is 0. The fourth-order valence-electron chi connectivity index (χ4n) is 1.42. The van der Waals surface area contributed by atoms with Crippen LogP contribution in [-0.4, -0.2) is 23.0 Å². The second kappa shape index (κ2) is 6.56. The van der Waals surface area contributed by atoms with Crippen molar-refractivity contribution in [2.45, 2.75) is 19.0 Å². The summed E-state index contributed by atoms with van der Waals surface area (Å²) in [4.78, 5) is 22.3. The van der Waals surface area contributed by atoms with Crippen molar-refractivity contribution in [2.24, 2.45) is 5.73 Å². The predicted molar refractivity (Wildman–Crippen MR) is 68.0 cm³/mol. The van der Waals surface area contributed by atoms with Gasteiger partial charge in [0.05, 0.1) is 11.6 Å². The van der Waals surface area contributed by atoms with E-state index in [1.165, 1.54) is 12.1 Å². The van der Waals surface area contributed by atoms with Gasteiger partial charge in [-0.1, -0.05) is 18.2 Å². The van der Waals surface area contributed by atoms with Crippen molar-refractivity contribution in [3.8, 4) is 0 Å². The number of rotatable bonds is 6. The van der Waals surface area contributed by atoms with Gasteiger partial charge in [-0.2, -0.15) is 0 Å². The molecule has 18 heavy (non-hydrogen) atoms. The van der Waals surface area contributed by atoms with E-state index in [4.69, 9.17) is 10.8 Å². The highest BCUT2D eigenvalue weighted by molar-refractivity contribution is 5.87. The van der Waals surface area contributed by atoms with Crippen molar-refractivity contribution in [3.63, 3.8) is 0 Å². The highest BCUT2D eigenvalue weighted by Crippen LogP contribution is 2.05. The van der Waals surface area contributed by atoms with Gasteiger partial charge in [0.1, 0.15) is 0 Å². The van der Waals surface area contributed by atoms with Gasteiger partial charge in [0, 0.05) is 6.54 Å². The van der Waals surface area contributed by atoms with Crippen LogP contribution in [0.25, 0.3) is 0 Å². The van der Waals surface area contributed by atoms with Crippen LogP contribution >= 0.6 is 0 Å². The molecule has 0 heterocycles. The fraction of sp³-hybridized carbons (Fsp3) is 0.231. The van der Waals surface area contributed by atoms with Crippen LogP contribution in [0.1, 0.15) is 22.3 Å². The standard InChI is InChI=1S/C13H16N2O3/c1-2-4-11(14)12(16)15-8-9-5-3-6-10(7-9)13(17)18/h2-3,5-7,11H,1,4,8,14H2,(H,15,16)(H,17,18). The van der Waals surface area contributed by atoms with Crippen molar-refractivity contribution in [1.29, 1.82) is 0 Å². The van der Waals surface area contributed by atoms with Crippen LogP contribution in [0.15, 0.2) is 36.9 Å². The van der Waals surface area contributed by atoms with Crippen LogP contribution in [0.2, 0.25) is 0 Å². The molecule has 0 radical (unpaired) electrons. The van der Waals surface area contributed by atoms with Gasteiger partial charge in [-0.3, -0.25) is 4.79 Å². The summed E-state index contributed by atoms with van der Waals surface area (Å²) in [7, 11) is 0. The molecule has 0 aromatic heterocycles. The number of carboxylic acids is 1. The van der Waals surface area contributed by atoms with Gasteiger partial charge in [-0.15, -0.1) is 6.58 Å². The van der Waals surface area contributed by atoms with Gasteiger partial charge < -0.3 is 16.2 Å². The van der Waals surface area contributed by atoms with Gasteiger partial charge in [0.15, 0.2) is 0 Å². The van der Waals surface area contributed by atoms with E-state index in [2.05, 4.69) is 11.9 Å². The minimum absolute atomic E-state index is 0.192. The monoisotopic (exact) mass is 248 g/mol. The van der Waals surface area contributed by atoms with E-state index < -0.39 is 12.0 Å². The third-order valence-corrected chi connectivity index (χ3v) is 2.40. The van der Waals surface area contributed by atoms with Crippen LogP contribution in [-0.2, 0) is 11.3 Å². The Balaban J connectivity index is 2.58. The van der Waals surface area contributed by atoms with Crippen molar-refractivity contribution >= 4 is 11.9 Å². The minimum atomic E-state index is -0.994. The highest BCUT2D eigenvalue weighted by atomic mass is 16.4. The molecule has 96 valence electrons. The Hall–Kier alpha value is -2.14. The summed E-state index contributed by atoms with van der Waals surface area (Å²) in [5, 5.41) is 11.5. The summed E-state index contributed by atoms with van der Waals surface area (Å²) in [6.07, 6.45) is 1.98. The van der Waals surface area contributed by atoms with E-state index in [9.17, 15) is 9.59 Å². The van der Waals surface area contributed by atoms with Crippen molar-refractivity contribution in [1.82, 2.24) is 5.32 Å². The number of nitrogens with one attached hydrogen (secondary N) is 1. The number of carboxylic acid groups (broad SMARTS) is 1. The van der Waals surface area contributed by atoms with E-state index in [1.807, 2.05) is 0 Å². The first kappa shape index (κ1) is 13.9. The van der Waals surface area contributed by atoms with E-state index in [1.54, 1.807) is 18.2 Å². The predicted octanol–water partition coefficient (Wildman–Crippen LogP) is 0.904. The lowest BCUT2D eigenvalue weighted by Crippen LogP contribution is -2.39. The molecular formula is C13H16N2O3. The van der Waals surface area contributed by atoms with Crippen LogP contribution in [0, 0.1) is 0 Å². The molecule has 0 aliphatic rings. The number of aromatic carboxylic acids is 1. The largest absolute Gasteiger partial charge is 0.478 e. The number of amides is 1. The maximum Gasteiger partial charge on any atom is 0.335 e. The smallest absolute Gasteiger partial charge is 0.335 e. The highest BCUT2D eigenvalue weighted by Gasteiger charge is 2.11. The Kier molecular flexibility index (Phi) is 5.07. The van der Waals surface area contributed by atoms with Gasteiger partial charge in [-0.25, -0.2) is 4.79 Å². The molecule has 0 saturated carbocycles. The van der Waals surface area contributed by atoms with Crippen molar-refractivity contribution < 1.29 is 14.7 Å². The Morgan fingerprint density at radius 2 is 2.22 bits per heavy atom. The average molecular weight is 248 g/mol. The number of hydrogen-bond acceptors (Lipinski definition) is 3. The first-order valence-corrected chi connectivity index (χ1v) is 5.51. The lowest BCUT2D eigenvalue weighted by molar-refractivity contribution is -0.122. The maximum absolute atomic E-state index is 11.5. The molecule has 0 spiro atoms. The average Bonchev–Trinajstić information content (AvgIpc) is 2.36. The summed E-state index contributed by atoms with van der Waals surface area (Å²) in [5.41, 5.74) is 6.50. The zero-order chi connectivity index (χ0) is 13.5. The SMILES string of the molecule is C=CCC(N)C(=O)NCc1cccc(C(=O)O)c1. The van der Waals surface area contributed by atoms with Gasteiger partial charge >= 0.3 is 5.97 Å². The molecule has 1 aromatic rings. The first-order valence-electron chi connectivity index (χ1n) is 5.51. The Morgan fingerprint density at radius 1 is 1.50 bits per heavy atom. The van der Waals surface area contributed by atoms with Gasteiger partial charge in [0.25, 0.3) is 0 Å². The van der Waals surface area contributed by atoms with Crippen molar-refractivity contribution in [2.75, 3.05) is 0 Å². The van der Waals surface area contributed by atoms with E-state index in [0.717, 1.165) is 0 Å². The number of carbonyl (C=O) groups excluding carboxylic acids is 1. The van der Waals surface area contributed by atoms with E-state index in [-0.39, 0.29) is 18.0 Å². The quantitative estimate of drug-likeness (QED) is 0.652. The molecule has 4 N–H and O–H groups in total. The molecule has 1 unspecified atom stereocenters. The maximum atomic E-state index is 11.5. The molecule has 0 aliphatic carbocycles. The van der Waals surface area contributed by atoms with E-state index >= 15 is 0 Å². The van der Waals surface area contributed by atoms with Crippen LogP contribution in [0.5, 0.6) is 0 Å². The number of hydrogen-bond donors (Lipinski definition) is 3. The summed E-state index contributed by atoms with van der Waals surface area (Å²) in [6, 6.07) is 5.77. The lowest BCUT2D eigenvalue weighted by atomic mass is 10.1. The molecule has 5 heteroatoms. The number of nitrogens with two attached hydrogens (primary N) is 1. The molecule has 1 aromatic carbocycles. The number of benzene rings is 1. The minimum Gasteiger partial charge on any atom is -0.478 e. The Labute approximate surface area is 105 Å². The molecule has 5 nitrogen and oxygen atoms in total. The molecule has 0 aliphatic heterocycles. The van der Waals surface area contributed by atoms with Crippen LogP contribution < -0.4 is 11.1 Å². The third kappa shape index (κ3) is 4.03. The topological polar surface area (TPSA) is 92.4 Å². The molecule has 0 saturated heterocycles. The fourth-order valence-corrected chi connectivity index (χ4v) is 1.42. The summed E-state index contributed by atoms with van der Waals surface area (Å²) in [5.74, 6) is -1.28. The molecule has 1 amide bonds. The normalized spacial score (nSPS) is 11.6. The van der Waals surface area contributed by atoms with Gasteiger partial charge in [0.2, 0.25) is 5.91 Å². The molecule has 0 fully saturated rings. The van der Waals surface area contributed by atoms with Gasteiger partial charge in [-0.05, 0) is 24.1 Å². The van der Waals surface area contributed by atoms with Crippen LogP contribution in [0.3, 0.4) is 0 Å². The zero-order valence-corrected chi connectivity index (χ0v) is 9.93. The summed E-state index contributed by atoms with van der Waals surface area (Å²) in [6.45, 7) is 3.76. The third-order valence-electron chi connectivity index (χ3n) is 2.40. The van der Waals surface area contributed by atoms with E-state index in [0.29, 0.717) is 12.0 Å². The lowest BCUT2D eigenvalue weighted by Gasteiger charge is -2.10. The molecule has 0 bridgehead atoms. The molecular weight excluding hydrogens is 232 g/mol. The first-order chi connectivity index (χ1) is 8.54. The molecule has 1 atom stereocenters. The zero-order valence-electron chi connectivity index (χ0n) is 9.93. The van der Waals surface area contributed by atoms with Crippen LogP contribution in [0.4, 0.5) is 0 Å². The van der Waals surface area contributed by atoms with Crippen molar-refractivity contribution in [3.05, 3.63) is 48.0 Å². The molecule has 1 rings (SSSR count). The Morgan fingerprint density at radius 3 is 2.83 bits per heavy atom. The Bertz CT molecular complexity index is 457. The summed E-state index contributed by atoms with van der Waals surface area (Å²) >= 11 is 0. The number of carbonyl (C=O) groups is 2. The second-order valence-electron chi connectivity index (χ2n) is 3.85. The second-order valence-corrected chi connectivity index (χ2v) is 3.85.